The van der Waals surface area contributed by atoms with Crippen molar-refractivity contribution in [1.82, 2.24) is 14.9 Å². The van der Waals surface area contributed by atoms with E-state index in [1.807, 2.05) is 0 Å². The van der Waals surface area contributed by atoms with Crippen molar-refractivity contribution in [2.45, 2.75) is 32.4 Å². The molecule has 0 aliphatic carbocycles. The number of esters is 1. The standard InChI is InChI=1S/C19H21F3N4O3/c1-2-29-17(28)12-6-7-14-13(11-12)16(25-18(24-14)19(20,21)22)23-8-4-10-26-9-3-5-15(26)27/h6-7,11H,2-5,8-10H2,1H3,(H,23,24,25). The number of hydrogen-bond donors (Lipinski definition) is 1. The van der Waals surface area contributed by atoms with Crippen molar-refractivity contribution in [2.75, 3.05) is 31.6 Å². The first-order valence-electron chi connectivity index (χ1n) is 9.37. The third kappa shape index (κ3) is 4.93. The van der Waals surface area contributed by atoms with E-state index in [0.29, 0.717) is 37.9 Å². The Balaban J connectivity index is 1.83. The van der Waals surface area contributed by atoms with Crippen LogP contribution in [0.1, 0.15) is 42.4 Å². The highest BCUT2D eigenvalue weighted by Crippen LogP contribution is 2.31. The number of halogens is 3. The number of nitrogens with one attached hydrogen (secondary N) is 1. The molecule has 2 heterocycles. The van der Waals surface area contributed by atoms with Gasteiger partial charge in [0.05, 0.1) is 17.7 Å². The Morgan fingerprint density at radius 1 is 1.31 bits per heavy atom. The van der Waals surface area contributed by atoms with Crippen LogP contribution in [0, 0.1) is 0 Å². The number of carbonyl (C=O) groups excluding carboxylic acids is 2. The summed E-state index contributed by atoms with van der Waals surface area (Å²) >= 11 is 0. The van der Waals surface area contributed by atoms with E-state index >= 15 is 0 Å². The molecule has 156 valence electrons. The molecule has 0 radical (unpaired) electrons. The summed E-state index contributed by atoms with van der Waals surface area (Å²) in [6.45, 7) is 3.39. The molecule has 0 saturated carbocycles. The number of hydrogen-bond acceptors (Lipinski definition) is 6. The van der Waals surface area contributed by atoms with Gasteiger partial charge in [0.15, 0.2) is 0 Å². The van der Waals surface area contributed by atoms with E-state index in [0.717, 1.165) is 6.42 Å². The molecule has 1 aromatic heterocycles. The summed E-state index contributed by atoms with van der Waals surface area (Å²) in [5.41, 5.74) is 0.269. The summed E-state index contributed by atoms with van der Waals surface area (Å²) in [4.78, 5) is 32.5. The quantitative estimate of drug-likeness (QED) is 0.557. The molecule has 0 atom stereocenters. The lowest BCUT2D eigenvalue weighted by molar-refractivity contribution is -0.144. The second-order valence-electron chi connectivity index (χ2n) is 6.61. The van der Waals surface area contributed by atoms with E-state index in [9.17, 15) is 22.8 Å². The van der Waals surface area contributed by atoms with Crippen molar-refractivity contribution in [3.63, 3.8) is 0 Å². The highest BCUT2D eigenvalue weighted by molar-refractivity contribution is 5.98. The number of fused-ring (bicyclic) bond motifs is 1. The van der Waals surface area contributed by atoms with Crippen LogP contribution >= 0.6 is 0 Å². The zero-order valence-corrected chi connectivity index (χ0v) is 15.9. The molecular formula is C19H21F3N4O3. The molecule has 10 heteroatoms. The van der Waals surface area contributed by atoms with E-state index in [1.54, 1.807) is 11.8 Å². The highest BCUT2D eigenvalue weighted by atomic mass is 19.4. The molecule has 0 unspecified atom stereocenters. The Hall–Kier alpha value is -2.91. The first kappa shape index (κ1) is 20.8. The van der Waals surface area contributed by atoms with E-state index in [2.05, 4.69) is 15.3 Å². The fourth-order valence-electron chi connectivity index (χ4n) is 3.15. The van der Waals surface area contributed by atoms with Gasteiger partial charge in [-0.2, -0.15) is 13.2 Å². The minimum absolute atomic E-state index is 0.0128. The van der Waals surface area contributed by atoms with Crippen LogP contribution < -0.4 is 5.32 Å². The number of rotatable bonds is 7. The predicted octanol–water partition coefficient (Wildman–Crippen LogP) is 3.25. The van der Waals surface area contributed by atoms with Crippen LogP contribution in [0.2, 0.25) is 0 Å². The molecular weight excluding hydrogens is 389 g/mol. The molecule has 1 fully saturated rings. The van der Waals surface area contributed by atoms with Gasteiger partial charge in [-0.25, -0.2) is 14.8 Å². The van der Waals surface area contributed by atoms with E-state index in [4.69, 9.17) is 4.74 Å². The zero-order valence-electron chi connectivity index (χ0n) is 15.9. The van der Waals surface area contributed by atoms with Crippen LogP contribution in [-0.4, -0.2) is 53.0 Å². The van der Waals surface area contributed by atoms with Crippen molar-refractivity contribution in [3.8, 4) is 0 Å². The Kier molecular flexibility index (Phi) is 6.19. The molecule has 1 saturated heterocycles. The number of alkyl halides is 3. The number of ether oxygens (including phenoxy) is 1. The number of benzene rings is 1. The van der Waals surface area contributed by atoms with Crippen molar-refractivity contribution in [2.24, 2.45) is 0 Å². The fourth-order valence-corrected chi connectivity index (χ4v) is 3.15. The van der Waals surface area contributed by atoms with E-state index in [-0.39, 0.29) is 29.4 Å². The van der Waals surface area contributed by atoms with Crippen LogP contribution in [0.3, 0.4) is 0 Å². The molecule has 3 rings (SSSR count). The molecule has 0 spiro atoms. The Bertz CT molecular complexity index is 917. The summed E-state index contributed by atoms with van der Waals surface area (Å²) in [5.74, 6) is -1.75. The molecule has 1 amide bonds. The third-order valence-corrected chi connectivity index (χ3v) is 4.53. The Labute approximate surface area is 165 Å². The van der Waals surface area contributed by atoms with Crippen molar-refractivity contribution >= 4 is 28.6 Å². The van der Waals surface area contributed by atoms with Crippen LogP contribution in [0.25, 0.3) is 10.9 Å². The molecule has 1 aliphatic heterocycles. The van der Waals surface area contributed by atoms with Gasteiger partial charge in [-0.3, -0.25) is 4.79 Å². The van der Waals surface area contributed by atoms with Gasteiger partial charge in [-0.1, -0.05) is 0 Å². The summed E-state index contributed by atoms with van der Waals surface area (Å²) in [7, 11) is 0. The van der Waals surface area contributed by atoms with Crippen molar-refractivity contribution in [1.29, 1.82) is 0 Å². The maximum absolute atomic E-state index is 13.2. The number of likely N-dealkylation sites (tertiary alicyclic amines) is 1. The summed E-state index contributed by atoms with van der Waals surface area (Å²) in [6.07, 6.45) is -2.79. The maximum atomic E-state index is 13.2. The molecule has 0 bridgehead atoms. The lowest BCUT2D eigenvalue weighted by Crippen LogP contribution is -2.27. The lowest BCUT2D eigenvalue weighted by Gasteiger charge is -2.16. The normalized spacial score (nSPS) is 14.5. The molecule has 29 heavy (non-hydrogen) atoms. The third-order valence-electron chi connectivity index (χ3n) is 4.53. The Morgan fingerprint density at radius 3 is 2.76 bits per heavy atom. The maximum Gasteiger partial charge on any atom is 0.451 e. The summed E-state index contributed by atoms with van der Waals surface area (Å²) in [5, 5.41) is 3.19. The second kappa shape index (κ2) is 8.62. The van der Waals surface area contributed by atoms with Gasteiger partial charge in [-0.05, 0) is 38.0 Å². The number of anilines is 1. The molecule has 2 aromatic rings. The van der Waals surface area contributed by atoms with Crippen molar-refractivity contribution in [3.05, 3.63) is 29.6 Å². The molecule has 1 aliphatic rings. The van der Waals surface area contributed by atoms with Crippen LogP contribution in [-0.2, 0) is 15.7 Å². The van der Waals surface area contributed by atoms with Gasteiger partial charge >= 0.3 is 12.1 Å². The predicted molar refractivity (Wildman–Crippen MR) is 99.4 cm³/mol. The SMILES string of the molecule is CCOC(=O)c1ccc2nc(C(F)(F)F)nc(NCCCN3CCCC3=O)c2c1. The van der Waals surface area contributed by atoms with E-state index < -0.39 is 18.0 Å². The summed E-state index contributed by atoms with van der Waals surface area (Å²) < 4.78 is 44.4. The first-order chi connectivity index (χ1) is 13.8. The largest absolute Gasteiger partial charge is 0.462 e. The smallest absolute Gasteiger partial charge is 0.451 e. The second-order valence-corrected chi connectivity index (χ2v) is 6.61. The van der Waals surface area contributed by atoms with E-state index in [1.165, 1.54) is 18.2 Å². The first-order valence-corrected chi connectivity index (χ1v) is 9.37. The van der Waals surface area contributed by atoms with Gasteiger partial charge in [0.25, 0.3) is 0 Å². The van der Waals surface area contributed by atoms with Crippen LogP contribution in [0.4, 0.5) is 19.0 Å². The zero-order chi connectivity index (χ0) is 21.0. The average Bonchev–Trinajstić information content (AvgIpc) is 3.08. The molecule has 1 aromatic carbocycles. The Morgan fingerprint density at radius 2 is 2.10 bits per heavy atom. The number of nitrogens with zero attached hydrogens (tertiary/aromatic N) is 3. The van der Waals surface area contributed by atoms with Crippen LogP contribution in [0.15, 0.2) is 18.2 Å². The minimum atomic E-state index is -4.70. The number of carbonyl (C=O) groups is 2. The van der Waals surface area contributed by atoms with Gasteiger partial charge in [0.2, 0.25) is 11.7 Å². The summed E-state index contributed by atoms with van der Waals surface area (Å²) in [6, 6.07) is 4.13. The molecule has 1 N–H and O–H groups in total. The fraction of sp³-hybridized carbons (Fsp3) is 0.474. The molecule has 7 nitrogen and oxygen atoms in total. The minimum Gasteiger partial charge on any atom is -0.462 e. The lowest BCUT2D eigenvalue weighted by atomic mass is 10.1. The number of aromatic nitrogens is 2. The average molecular weight is 410 g/mol. The van der Waals surface area contributed by atoms with Crippen LogP contribution in [0.5, 0.6) is 0 Å². The van der Waals surface area contributed by atoms with Gasteiger partial charge < -0.3 is 15.0 Å². The van der Waals surface area contributed by atoms with Gasteiger partial charge in [0.1, 0.15) is 5.82 Å². The highest BCUT2D eigenvalue weighted by Gasteiger charge is 2.35. The number of amides is 1. The van der Waals surface area contributed by atoms with Crippen molar-refractivity contribution < 1.29 is 27.5 Å². The van der Waals surface area contributed by atoms with Gasteiger partial charge in [-0.15, -0.1) is 0 Å². The van der Waals surface area contributed by atoms with Gasteiger partial charge in [0, 0.05) is 31.4 Å². The monoisotopic (exact) mass is 410 g/mol. The topological polar surface area (TPSA) is 84.4 Å².